The first-order valence-electron chi connectivity index (χ1n) is 6.54. The third-order valence-corrected chi connectivity index (χ3v) is 3.82. The molecule has 0 fully saturated rings. The number of amides is 2. The van der Waals surface area contributed by atoms with Crippen molar-refractivity contribution in [2.45, 2.75) is 46.3 Å². The maximum atomic E-state index is 11.7. The summed E-state index contributed by atoms with van der Waals surface area (Å²) in [4.78, 5) is 12.9. The normalized spacial score (nSPS) is 14.8. The molecule has 2 unspecified atom stereocenters. The Bertz CT molecular complexity index is 385. The Kier molecular flexibility index (Phi) is 5.82. The van der Waals surface area contributed by atoms with Crippen LogP contribution < -0.4 is 10.6 Å². The molecule has 0 radical (unpaired) electrons. The van der Waals surface area contributed by atoms with Gasteiger partial charge in [0.1, 0.15) is 0 Å². The second-order valence-corrected chi connectivity index (χ2v) is 6.95. The van der Waals surface area contributed by atoms with Gasteiger partial charge in [0.2, 0.25) is 0 Å². The fourth-order valence-electron chi connectivity index (χ4n) is 1.55. The first kappa shape index (κ1) is 16.0. The fraction of sp³-hybridized carbons (Fsp3) is 0.643. The number of urea groups is 1. The van der Waals surface area contributed by atoms with Crippen LogP contribution in [-0.4, -0.2) is 29.8 Å². The molecule has 1 aromatic heterocycles. The summed E-state index contributed by atoms with van der Waals surface area (Å²) in [5, 5.41) is 17.4. The summed E-state index contributed by atoms with van der Waals surface area (Å²) >= 11 is 1.69. The number of aliphatic hydroxyl groups is 1. The molecule has 0 aliphatic rings. The highest BCUT2D eigenvalue weighted by Crippen LogP contribution is 2.18. The predicted molar refractivity (Wildman–Crippen MR) is 79.5 cm³/mol. The van der Waals surface area contributed by atoms with Gasteiger partial charge in [-0.2, -0.15) is 0 Å². The molecule has 19 heavy (non-hydrogen) atoms. The Morgan fingerprint density at radius 1 is 1.47 bits per heavy atom. The molecule has 0 saturated carbocycles. The van der Waals surface area contributed by atoms with Crippen molar-refractivity contribution in [1.29, 1.82) is 0 Å². The number of hydrogen-bond donors (Lipinski definition) is 3. The van der Waals surface area contributed by atoms with E-state index in [4.69, 9.17) is 0 Å². The molecule has 0 bridgehead atoms. The number of hydrogen-bond acceptors (Lipinski definition) is 3. The maximum Gasteiger partial charge on any atom is 0.315 e. The van der Waals surface area contributed by atoms with Crippen LogP contribution in [0.1, 0.15) is 32.6 Å². The molecule has 1 rings (SSSR count). The van der Waals surface area contributed by atoms with E-state index in [9.17, 15) is 9.90 Å². The van der Waals surface area contributed by atoms with Crippen LogP contribution in [0.3, 0.4) is 0 Å². The van der Waals surface area contributed by atoms with Crippen LogP contribution in [0.5, 0.6) is 0 Å². The molecule has 2 amide bonds. The van der Waals surface area contributed by atoms with Crippen molar-refractivity contribution in [2.24, 2.45) is 5.41 Å². The molecule has 0 aliphatic carbocycles. The fourth-order valence-corrected chi connectivity index (χ4v) is 2.39. The van der Waals surface area contributed by atoms with Gasteiger partial charge >= 0.3 is 6.03 Å². The summed E-state index contributed by atoms with van der Waals surface area (Å²) < 4.78 is 0. The van der Waals surface area contributed by atoms with Crippen molar-refractivity contribution in [3.63, 3.8) is 0 Å². The largest absolute Gasteiger partial charge is 0.391 e. The maximum absolute atomic E-state index is 11.7. The van der Waals surface area contributed by atoms with Gasteiger partial charge in [0, 0.05) is 23.9 Å². The predicted octanol–water partition coefficient (Wildman–Crippen LogP) is 2.39. The SMILES string of the molecule is CC(Cc1cccs1)NC(=O)NCC(O)C(C)(C)C. The van der Waals surface area contributed by atoms with Crippen LogP contribution in [0.2, 0.25) is 0 Å². The van der Waals surface area contributed by atoms with E-state index in [-0.39, 0.29) is 24.0 Å². The van der Waals surface area contributed by atoms with Gasteiger partial charge in [-0.15, -0.1) is 11.3 Å². The number of thiophene rings is 1. The summed E-state index contributed by atoms with van der Waals surface area (Å²) in [6.07, 6.45) is 0.276. The highest BCUT2D eigenvalue weighted by molar-refractivity contribution is 7.09. The zero-order chi connectivity index (χ0) is 14.5. The van der Waals surface area contributed by atoms with Crippen molar-refractivity contribution in [3.8, 4) is 0 Å². The van der Waals surface area contributed by atoms with Crippen molar-refractivity contribution in [2.75, 3.05) is 6.54 Å². The number of nitrogens with one attached hydrogen (secondary N) is 2. The molecule has 0 aromatic carbocycles. The van der Waals surface area contributed by atoms with Gasteiger partial charge in [-0.1, -0.05) is 26.8 Å². The Labute approximate surface area is 119 Å². The Morgan fingerprint density at radius 3 is 2.68 bits per heavy atom. The molecule has 0 saturated heterocycles. The Balaban J connectivity index is 2.27. The van der Waals surface area contributed by atoms with Crippen LogP contribution >= 0.6 is 11.3 Å². The minimum atomic E-state index is -0.550. The molecule has 1 aromatic rings. The van der Waals surface area contributed by atoms with Crippen molar-refractivity contribution in [1.82, 2.24) is 10.6 Å². The average Bonchev–Trinajstić information content (AvgIpc) is 2.76. The highest BCUT2D eigenvalue weighted by atomic mass is 32.1. The topological polar surface area (TPSA) is 61.4 Å². The lowest BCUT2D eigenvalue weighted by Gasteiger charge is -2.26. The zero-order valence-electron chi connectivity index (χ0n) is 12.1. The summed E-state index contributed by atoms with van der Waals surface area (Å²) in [7, 11) is 0. The van der Waals surface area contributed by atoms with E-state index in [0.29, 0.717) is 0 Å². The van der Waals surface area contributed by atoms with Crippen molar-refractivity contribution in [3.05, 3.63) is 22.4 Å². The first-order valence-corrected chi connectivity index (χ1v) is 7.42. The minimum absolute atomic E-state index is 0.0745. The van der Waals surface area contributed by atoms with Crippen molar-refractivity contribution < 1.29 is 9.90 Å². The van der Waals surface area contributed by atoms with Gasteiger partial charge in [0.25, 0.3) is 0 Å². The molecular formula is C14H24N2O2S. The number of carbonyl (C=O) groups excluding carboxylic acids is 1. The lowest BCUT2D eigenvalue weighted by atomic mass is 9.89. The van der Waals surface area contributed by atoms with E-state index in [1.54, 1.807) is 11.3 Å². The zero-order valence-corrected chi connectivity index (χ0v) is 12.9. The lowest BCUT2D eigenvalue weighted by molar-refractivity contribution is 0.0649. The van der Waals surface area contributed by atoms with E-state index in [1.165, 1.54) is 4.88 Å². The van der Waals surface area contributed by atoms with Gasteiger partial charge in [0.15, 0.2) is 0 Å². The highest BCUT2D eigenvalue weighted by Gasteiger charge is 2.22. The summed E-state index contributed by atoms with van der Waals surface area (Å²) in [5.41, 5.74) is -0.226. The second-order valence-electron chi connectivity index (χ2n) is 5.92. The van der Waals surface area contributed by atoms with E-state index in [2.05, 4.69) is 16.7 Å². The second kappa shape index (κ2) is 6.91. The van der Waals surface area contributed by atoms with E-state index < -0.39 is 6.10 Å². The summed E-state index contributed by atoms with van der Waals surface area (Å²) in [6.45, 7) is 8.06. The number of rotatable bonds is 5. The summed E-state index contributed by atoms with van der Waals surface area (Å²) in [5.74, 6) is 0. The molecule has 108 valence electrons. The molecule has 2 atom stereocenters. The number of aliphatic hydroxyl groups excluding tert-OH is 1. The van der Waals surface area contributed by atoms with Gasteiger partial charge < -0.3 is 15.7 Å². The molecule has 3 N–H and O–H groups in total. The van der Waals surface area contributed by atoms with E-state index >= 15 is 0 Å². The van der Waals surface area contributed by atoms with Crippen LogP contribution in [-0.2, 0) is 6.42 Å². The Hall–Kier alpha value is -1.07. The lowest BCUT2D eigenvalue weighted by Crippen LogP contribution is -2.46. The van der Waals surface area contributed by atoms with E-state index in [0.717, 1.165) is 6.42 Å². The quantitative estimate of drug-likeness (QED) is 0.777. The molecule has 5 heteroatoms. The van der Waals surface area contributed by atoms with Gasteiger partial charge in [-0.25, -0.2) is 4.79 Å². The van der Waals surface area contributed by atoms with Crippen LogP contribution in [0.4, 0.5) is 4.79 Å². The average molecular weight is 284 g/mol. The number of carbonyl (C=O) groups is 1. The summed E-state index contributed by atoms with van der Waals surface area (Å²) in [6, 6.07) is 3.91. The smallest absolute Gasteiger partial charge is 0.315 e. The molecule has 1 heterocycles. The van der Waals surface area contributed by atoms with Gasteiger partial charge in [-0.05, 0) is 23.8 Å². The van der Waals surface area contributed by atoms with Gasteiger partial charge in [0.05, 0.1) is 6.10 Å². The van der Waals surface area contributed by atoms with E-state index in [1.807, 2.05) is 39.1 Å². The van der Waals surface area contributed by atoms with Gasteiger partial charge in [-0.3, -0.25) is 0 Å². The first-order chi connectivity index (χ1) is 8.79. The van der Waals surface area contributed by atoms with Crippen LogP contribution in [0, 0.1) is 5.41 Å². The standard InChI is InChI=1S/C14H24N2O2S/c1-10(8-11-6-5-7-19-11)16-13(18)15-9-12(17)14(2,3)4/h5-7,10,12,17H,8-9H2,1-4H3,(H2,15,16,18). The minimum Gasteiger partial charge on any atom is -0.391 e. The molecular weight excluding hydrogens is 260 g/mol. The monoisotopic (exact) mass is 284 g/mol. The third-order valence-electron chi connectivity index (χ3n) is 2.92. The van der Waals surface area contributed by atoms with Crippen molar-refractivity contribution >= 4 is 17.4 Å². The molecule has 0 spiro atoms. The molecule has 0 aliphatic heterocycles. The Morgan fingerprint density at radius 2 is 2.16 bits per heavy atom. The van der Waals surface area contributed by atoms with Crippen LogP contribution in [0.25, 0.3) is 0 Å². The van der Waals surface area contributed by atoms with Crippen LogP contribution in [0.15, 0.2) is 17.5 Å². The molecule has 4 nitrogen and oxygen atoms in total. The third kappa shape index (κ3) is 6.07.